The van der Waals surface area contributed by atoms with E-state index in [-0.39, 0.29) is 17.3 Å². The summed E-state index contributed by atoms with van der Waals surface area (Å²) in [5, 5.41) is 10.2. The van der Waals surface area contributed by atoms with Crippen LogP contribution in [0.2, 0.25) is 5.02 Å². The first-order chi connectivity index (χ1) is 10.5. The second-order valence-electron chi connectivity index (χ2n) is 4.76. The topological polar surface area (TPSA) is 79.8 Å². The highest BCUT2D eigenvalue weighted by Crippen LogP contribution is 2.20. The Labute approximate surface area is 137 Å². The van der Waals surface area contributed by atoms with Crippen LogP contribution in [0.1, 0.15) is 18.9 Å². The average molecular weight is 341 g/mol. The summed E-state index contributed by atoms with van der Waals surface area (Å²) in [5.41, 5.74) is 1.35. The fraction of sp³-hybridized carbons (Fsp3) is 0.357. The van der Waals surface area contributed by atoms with E-state index in [1.807, 2.05) is 19.9 Å². The number of amides is 1. The summed E-state index contributed by atoms with van der Waals surface area (Å²) >= 11 is 7.24. The van der Waals surface area contributed by atoms with Gasteiger partial charge in [-0.2, -0.15) is 0 Å². The molecule has 0 radical (unpaired) electrons. The first-order valence-corrected chi connectivity index (χ1v) is 8.21. The van der Waals surface area contributed by atoms with Gasteiger partial charge in [0.25, 0.3) is 0 Å². The molecule has 0 saturated carbocycles. The number of halogens is 1. The molecule has 1 amide bonds. The van der Waals surface area contributed by atoms with Crippen molar-refractivity contribution in [2.75, 3.05) is 11.1 Å². The Bertz CT molecular complexity index is 726. The maximum Gasteiger partial charge on any atom is 0.343 e. The van der Waals surface area contributed by atoms with Crippen molar-refractivity contribution in [1.82, 2.24) is 14.8 Å². The van der Waals surface area contributed by atoms with Crippen LogP contribution in [-0.4, -0.2) is 26.4 Å². The normalized spacial score (nSPS) is 10.7. The van der Waals surface area contributed by atoms with Gasteiger partial charge in [0.1, 0.15) is 0 Å². The number of nitrogens with one attached hydrogen (secondary N) is 2. The molecule has 0 unspecified atom stereocenters. The van der Waals surface area contributed by atoms with Crippen LogP contribution in [0.5, 0.6) is 0 Å². The Balaban J connectivity index is 1.95. The Kier molecular flexibility index (Phi) is 5.68. The van der Waals surface area contributed by atoms with Crippen LogP contribution in [0.15, 0.2) is 28.2 Å². The predicted molar refractivity (Wildman–Crippen MR) is 88.7 cm³/mol. The number of aromatic nitrogens is 3. The zero-order chi connectivity index (χ0) is 16.1. The standard InChI is InChI=1S/C14H17ClN4O2S/c1-3-6-19-13(21)17-18-14(19)22-8-12(20)16-10-5-4-9(2)11(15)7-10/h4-5,7H,3,6,8H2,1-2H3,(H,16,20)(H,17,21). The number of aryl methyl sites for hydroxylation is 1. The van der Waals surface area contributed by atoms with Crippen LogP contribution in [0, 0.1) is 6.92 Å². The van der Waals surface area contributed by atoms with Gasteiger partial charge in [0.15, 0.2) is 5.16 Å². The Morgan fingerprint density at radius 3 is 2.95 bits per heavy atom. The molecule has 0 aliphatic rings. The van der Waals surface area contributed by atoms with Gasteiger partial charge in [-0.1, -0.05) is 36.4 Å². The summed E-state index contributed by atoms with van der Waals surface area (Å²) in [6.45, 7) is 4.45. The minimum atomic E-state index is -0.255. The second-order valence-corrected chi connectivity index (χ2v) is 6.11. The quantitative estimate of drug-likeness (QED) is 0.792. The van der Waals surface area contributed by atoms with Gasteiger partial charge < -0.3 is 5.32 Å². The van der Waals surface area contributed by atoms with Crippen LogP contribution in [0.25, 0.3) is 0 Å². The molecule has 2 aromatic rings. The molecule has 22 heavy (non-hydrogen) atoms. The molecule has 0 atom stereocenters. The third-order valence-electron chi connectivity index (χ3n) is 2.96. The molecule has 1 aromatic heterocycles. The third kappa shape index (κ3) is 4.14. The summed E-state index contributed by atoms with van der Waals surface area (Å²) in [4.78, 5) is 23.5. The highest BCUT2D eigenvalue weighted by Gasteiger charge is 2.11. The van der Waals surface area contributed by atoms with Crippen LogP contribution < -0.4 is 11.0 Å². The first kappa shape index (κ1) is 16.6. The lowest BCUT2D eigenvalue weighted by Crippen LogP contribution is -2.18. The van der Waals surface area contributed by atoms with Crippen molar-refractivity contribution in [3.8, 4) is 0 Å². The fourth-order valence-electron chi connectivity index (χ4n) is 1.83. The van der Waals surface area contributed by atoms with Crippen molar-refractivity contribution < 1.29 is 4.79 Å². The maximum absolute atomic E-state index is 12.0. The number of carbonyl (C=O) groups is 1. The smallest absolute Gasteiger partial charge is 0.325 e. The number of carbonyl (C=O) groups excluding carboxylic acids is 1. The number of nitrogens with zero attached hydrogens (tertiary/aromatic N) is 2. The lowest BCUT2D eigenvalue weighted by Gasteiger charge is -2.07. The average Bonchev–Trinajstić information content (AvgIpc) is 2.82. The number of anilines is 1. The molecular formula is C14H17ClN4O2S. The molecule has 1 heterocycles. The van der Waals surface area contributed by atoms with Crippen molar-refractivity contribution in [2.24, 2.45) is 0 Å². The van der Waals surface area contributed by atoms with E-state index >= 15 is 0 Å². The van der Waals surface area contributed by atoms with Gasteiger partial charge in [-0.3, -0.25) is 9.36 Å². The van der Waals surface area contributed by atoms with Gasteiger partial charge in [0.05, 0.1) is 5.75 Å². The zero-order valence-electron chi connectivity index (χ0n) is 12.4. The fourth-order valence-corrected chi connectivity index (χ4v) is 2.79. The van der Waals surface area contributed by atoms with Crippen LogP contribution in [0.3, 0.4) is 0 Å². The number of thioether (sulfide) groups is 1. The number of benzene rings is 1. The predicted octanol–water partition coefficient (Wildman–Crippen LogP) is 2.67. The molecule has 2 rings (SSSR count). The van der Waals surface area contributed by atoms with Crippen molar-refractivity contribution in [3.05, 3.63) is 39.3 Å². The highest BCUT2D eigenvalue weighted by molar-refractivity contribution is 7.99. The molecule has 0 aliphatic heterocycles. The number of rotatable bonds is 6. The zero-order valence-corrected chi connectivity index (χ0v) is 13.9. The van der Waals surface area contributed by atoms with Crippen molar-refractivity contribution in [2.45, 2.75) is 32.0 Å². The summed E-state index contributed by atoms with van der Waals surface area (Å²) in [5.74, 6) is -0.0112. The van der Waals surface area contributed by atoms with Crippen LogP contribution in [-0.2, 0) is 11.3 Å². The molecule has 2 N–H and O–H groups in total. The second kappa shape index (κ2) is 7.51. The summed E-state index contributed by atoms with van der Waals surface area (Å²) in [7, 11) is 0. The summed E-state index contributed by atoms with van der Waals surface area (Å²) in [6.07, 6.45) is 0.820. The Hall–Kier alpha value is -1.73. The lowest BCUT2D eigenvalue weighted by atomic mass is 10.2. The SMILES string of the molecule is CCCn1c(SCC(=O)Nc2ccc(C)c(Cl)c2)n[nH]c1=O. The minimum absolute atomic E-state index is 0.166. The molecule has 118 valence electrons. The molecule has 0 bridgehead atoms. The third-order valence-corrected chi connectivity index (χ3v) is 4.34. The van der Waals surface area contributed by atoms with E-state index in [0.29, 0.717) is 22.4 Å². The van der Waals surface area contributed by atoms with E-state index in [1.165, 1.54) is 16.3 Å². The first-order valence-electron chi connectivity index (χ1n) is 6.85. The molecule has 1 aromatic carbocycles. The molecule has 0 fully saturated rings. The van der Waals surface area contributed by atoms with E-state index in [0.717, 1.165) is 12.0 Å². The summed E-state index contributed by atoms with van der Waals surface area (Å²) < 4.78 is 1.53. The molecule has 0 spiro atoms. The van der Waals surface area contributed by atoms with Gasteiger partial charge in [-0.15, -0.1) is 5.10 Å². The Morgan fingerprint density at radius 2 is 2.27 bits per heavy atom. The molecule has 0 saturated heterocycles. The minimum Gasteiger partial charge on any atom is -0.325 e. The van der Waals surface area contributed by atoms with Gasteiger partial charge in [0.2, 0.25) is 5.91 Å². The monoisotopic (exact) mass is 340 g/mol. The largest absolute Gasteiger partial charge is 0.343 e. The van der Waals surface area contributed by atoms with Crippen LogP contribution in [0.4, 0.5) is 5.69 Å². The molecule has 0 aliphatic carbocycles. The summed E-state index contributed by atoms with van der Waals surface area (Å²) in [6, 6.07) is 5.35. The highest BCUT2D eigenvalue weighted by atomic mass is 35.5. The van der Waals surface area contributed by atoms with E-state index in [2.05, 4.69) is 15.5 Å². The van der Waals surface area contributed by atoms with Crippen molar-refractivity contribution in [1.29, 1.82) is 0 Å². The molecule has 6 nitrogen and oxygen atoms in total. The number of aromatic amines is 1. The number of hydrogen-bond donors (Lipinski definition) is 2. The Morgan fingerprint density at radius 1 is 1.50 bits per heavy atom. The van der Waals surface area contributed by atoms with E-state index in [1.54, 1.807) is 12.1 Å². The van der Waals surface area contributed by atoms with Crippen molar-refractivity contribution >= 4 is 35.0 Å². The van der Waals surface area contributed by atoms with E-state index in [4.69, 9.17) is 11.6 Å². The molecule has 8 heteroatoms. The van der Waals surface area contributed by atoms with E-state index in [9.17, 15) is 9.59 Å². The lowest BCUT2D eigenvalue weighted by molar-refractivity contribution is -0.113. The maximum atomic E-state index is 12.0. The van der Waals surface area contributed by atoms with Gasteiger partial charge >= 0.3 is 5.69 Å². The van der Waals surface area contributed by atoms with Gasteiger partial charge in [0, 0.05) is 17.3 Å². The van der Waals surface area contributed by atoms with Crippen LogP contribution >= 0.6 is 23.4 Å². The van der Waals surface area contributed by atoms with Crippen molar-refractivity contribution in [3.63, 3.8) is 0 Å². The number of H-pyrrole nitrogens is 1. The van der Waals surface area contributed by atoms with Gasteiger partial charge in [-0.25, -0.2) is 9.89 Å². The number of hydrogen-bond acceptors (Lipinski definition) is 4. The molecular weight excluding hydrogens is 324 g/mol. The van der Waals surface area contributed by atoms with Gasteiger partial charge in [-0.05, 0) is 31.0 Å². The van der Waals surface area contributed by atoms with E-state index < -0.39 is 0 Å².